The summed E-state index contributed by atoms with van der Waals surface area (Å²) in [6.45, 7) is 0. The summed E-state index contributed by atoms with van der Waals surface area (Å²) in [6.07, 6.45) is -15.6. The van der Waals surface area contributed by atoms with Gasteiger partial charge in [-0.15, -0.1) is 0 Å². The van der Waals surface area contributed by atoms with E-state index in [4.69, 9.17) is 5.11 Å². The highest BCUT2D eigenvalue weighted by molar-refractivity contribution is 5.89. The molecule has 0 aromatic rings. The number of hydrogen-bond acceptors (Lipinski definition) is 1. The highest BCUT2D eigenvalue weighted by Crippen LogP contribution is 2.68. The number of carbonyl (C=O) groups is 1. The second kappa shape index (κ2) is 10.8. The normalized spacial score (nSPS) is 17.1. The molecule has 0 aromatic heterocycles. The van der Waals surface area contributed by atoms with Gasteiger partial charge in [-0.25, -0.2) is 9.18 Å². The van der Waals surface area contributed by atoms with E-state index in [1.807, 2.05) is 0 Å². The van der Waals surface area contributed by atoms with Crippen molar-refractivity contribution in [3.63, 3.8) is 0 Å². The molecule has 0 bridgehead atoms. The minimum atomic E-state index is -9.94. The Bertz CT molecular complexity index is 1230. The molecule has 0 amide bonds. The van der Waals surface area contributed by atoms with E-state index >= 15 is 0 Å². The van der Waals surface area contributed by atoms with Gasteiger partial charge < -0.3 is 5.11 Å². The van der Waals surface area contributed by atoms with Crippen LogP contribution in [0.5, 0.6) is 0 Å². The summed E-state index contributed by atoms with van der Waals surface area (Å²) in [7, 11) is 0. The molecule has 1 N–H and O–H groups in total. The molecule has 0 unspecified atom stereocenters. The first-order valence-electron chi connectivity index (χ1n) is 9.66. The second-order valence-corrected chi connectivity index (χ2v) is 8.31. The van der Waals surface area contributed by atoms with Crippen molar-refractivity contribution >= 4 is 5.97 Å². The highest BCUT2D eigenvalue weighted by Gasteiger charge is 2.99. The van der Waals surface area contributed by atoms with E-state index in [2.05, 4.69) is 0 Å². The van der Waals surface area contributed by atoms with Gasteiger partial charge in [-0.1, -0.05) is 0 Å². The van der Waals surface area contributed by atoms with Crippen LogP contribution in [-0.2, 0) is 4.79 Å². The maximum atomic E-state index is 13.7. The summed E-state index contributed by atoms with van der Waals surface area (Å²) < 4.78 is 383. The Hall–Kier alpha value is -2.82. The Morgan fingerprint density at radius 2 is 0.532 bits per heavy atom. The lowest BCUT2D eigenvalue weighted by Gasteiger charge is -2.45. The molecule has 0 atom stereocenters. The van der Waals surface area contributed by atoms with Gasteiger partial charge in [-0.3, -0.25) is 0 Å². The Morgan fingerprint density at radius 3 is 0.702 bits per heavy atom. The molecule has 0 aliphatic heterocycles. The number of alkyl halides is 28. The lowest BCUT2D eigenvalue weighted by Crippen LogP contribution is -2.78. The van der Waals surface area contributed by atoms with Crippen molar-refractivity contribution in [2.45, 2.75) is 77.5 Å². The molecule has 0 aliphatic carbocycles. The molecule has 0 spiro atoms. The molecule has 0 aliphatic rings. The third-order valence-corrected chi connectivity index (χ3v) is 5.29. The number of rotatable bonds is 12. The van der Waals surface area contributed by atoms with Crippen LogP contribution in [0.15, 0.2) is 11.4 Å². The fourth-order valence-corrected chi connectivity index (χ4v) is 2.59. The molecule has 0 saturated heterocycles. The van der Waals surface area contributed by atoms with E-state index < -0.39 is 94.9 Å². The third kappa shape index (κ3) is 5.42. The third-order valence-electron chi connectivity index (χ3n) is 5.29. The molecule has 47 heavy (non-hydrogen) atoms. The molecule has 0 rings (SSSR count). The first-order chi connectivity index (χ1) is 19.7. The van der Waals surface area contributed by atoms with Gasteiger partial charge in [0.2, 0.25) is 0 Å². The summed E-state index contributed by atoms with van der Waals surface area (Å²) in [5.41, 5.74) is -4.79. The summed E-state index contributed by atoms with van der Waals surface area (Å²) in [5, 5.41) is 7.96. The summed E-state index contributed by atoms with van der Waals surface area (Å²) >= 11 is 0. The molecule has 0 heterocycles. The molecular weight excluding hydrogens is 775 g/mol. The SMILES string of the molecule is O=C(O)C(=C(F)C(F)(F)C(F)(F)C(F)(F)C(F)(F)C(F)(F)C(F)(F)C(F)(F)C(F)(F)C(F)(F)C(F)(F)C(F)(F)C(F)(F)F)C(F)(F)F. The van der Waals surface area contributed by atoms with Crippen molar-refractivity contribution < 1.29 is 137 Å². The summed E-state index contributed by atoms with van der Waals surface area (Å²) in [5.74, 6) is -114. The summed E-state index contributed by atoms with van der Waals surface area (Å²) in [4.78, 5) is 10.2. The Kier molecular flexibility index (Phi) is 10.2. The molecule has 2 nitrogen and oxygen atoms in total. The average Bonchev–Trinajstić information content (AvgIpc) is 2.80. The van der Waals surface area contributed by atoms with E-state index in [9.17, 15) is 132 Å². The van der Waals surface area contributed by atoms with Crippen molar-refractivity contribution in [3.8, 4) is 0 Å². The molecule has 0 saturated carbocycles. The quantitative estimate of drug-likeness (QED) is 0.159. The minimum absolute atomic E-state index is 4.26. The zero-order chi connectivity index (χ0) is 39.2. The molecule has 31 heteroatoms. The molecule has 0 radical (unpaired) electrons. The van der Waals surface area contributed by atoms with Crippen molar-refractivity contribution in [2.75, 3.05) is 0 Å². The Labute approximate surface area is 233 Å². The lowest BCUT2D eigenvalue weighted by molar-refractivity contribution is -0.481. The maximum absolute atomic E-state index is 13.7. The number of aliphatic carboxylic acids is 1. The number of carboxylic acids is 1. The van der Waals surface area contributed by atoms with Gasteiger partial charge in [0.1, 0.15) is 0 Å². The fraction of sp³-hybridized carbons (Fsp3) is 0.812. The first kappa shape index (κ1) is 44.2. The Morgan fingerprint density at radius 1 is 0.340 bits per heavy atom. The first-order valence-corrected chi connectivity index (χ1v) is 9.66. The predicted octanol–water partition coefficient (Wildman–Crippen LogP) is 9.41. The van der Waals surface area contributed by atoms with Crippen LogP contribution >= 0.6 is 0 Å². The smallest absolute Gasteiger partial charge is 0.460 e. The van der Waals surface area contributed by atoms with Gasteiger partial charge >= 0.3 is 83.5 Å². The van der Waals surface area contributed by atoms with Crippen molar-refractivity contribution in [2.24, 2.45) is 0 Å². The van der Waals surface area contributed by atoms with Crippen LogP contribution in [0.4, 0.5) is 127 Å². The maximum Gasteiger partial charge on any atom is 0.460 e. The largest absolute Gasteiger partial charge is 0.478 e. The van der Waals surface area contributed by atoms with Gasteiger partial charge in [0.25, 0.3) is 0 Å². The molecular formula is C16HF29O2. The van der Waals surface area contributed by atoms with Gasteiger partial charge in [-0.05, 0) is 0 Å². The van der Waals surface area contributed by atoms with E-state index in [1.54, 1.807) is 0 Å². The van der Waals surface area contributed by atoms with E-state index in [0.29, 0.717) is 0 Å². The van der Waals surface area contributed by atoms with Crippen molar-refractivity contribution in [3.05, 3.63) is 11.4 Å². The van der Waals surface area contributed by atoms with Crippen LogP contribution in [0.2, 0.25) is 0 Å². The summed E-state index contributed by atoms with van der Waals surface area (Å²) in [6, 6.07) is 0. The zero-order valence-electron chi connectivity index (χ0n) is 19.8. The van der Waals surface area contributed by atoms with Gasteiger partial charge in [-0.2, -0.15) is 123 Å². The van der Waals surface area contributed by atoms with Gasteiger partial charge in [0.05, 0.1) is 0 Å². The monoisotopic (exact) mass is 776 g/mol. The fourth-order valence-electron chi connectivity index (χ4n) is 2.59. The topological polar surface area (TPSA) is 37.3 Å². The van der Waals surface area contributed by atoms with Crippen LogP contribution in [0.25, 0.3) is 0 Å². The second-order valence-electron chi connectivity index (χ2n) is 8.31. The van der Waals surface area contributed by atoms with E-state index in [1.165, 1.54) is 0 Å². The van der Waals surface area contributed by atoms with E-state index in [0.717, 1.165) is 0 Å². The molecule has 0 aromatic carbocycles. The molecule has 0 fully saturated rings. The standard InChI is InChI=1S/C16HF29O2/c17-2(1(3(46)47)5(20,21)22)4(18,19)6(23,24)7(25,26)8(27,28)9(29,30)10(31,32)11(33,34)12(35,36)13(37,38)14(39,40)15(41,42)16(43,44)45/h(H,46,47). The number of allylic oxidation sites excluding steroid dienone is 1. The van der Waals surface area contributed by atoms with Gasteiger partial charge in [0, 0.05) is 0 Å². The molecule has 280 valence electrons. The van der Waals surface area contributed by atoms with Crippen LogP contribution < -0.4 is 0 Å². The van der Waals surface area contributed by atoms with E-state index in [-0.39, 0.29) is 0 Å². The number of halogens is 29. The van der Waals surface area contributed by atoms with Crippen molar-refractivity contribution in [1.82, 2.24) is 0 Å². The number of hydrogen-bond donors (Lipinski definition) is 1. The Balaban J connectivity index is 7.66. The predicted molar refractivity (Wildman–Crippen MR) is 82.3 cm³/mol. The van der Waals surface area contributed by atoms with Gasteiger partial charge in [0.15, 0.2) is 11.4 Å². The van der Waals surface area contributed by atoms with Crippen LogP contribution in [0.1, 0.15) is 0 Å². The zero-order valence-corrected chi connectivity index (χ0v) is 19.8. The van der Waals surface area contributed by atoms with Crippen molar-refractivity contribution in [1.29, 1.82) is 0 Å². The van der Waals surface area contributed by atoms with Crippen LogP contribution in [-0.4, -0.2) is 88.6 Å². The highest BCUT2D eigenvalue weighted by atomic mass is 19.4. The average molecular weight is 776 g/mol. The minimum Gasteiger partial charge on any atom is -0.478 e. The lowest BCUT2D eigenvalue weighted by atomic mass is 9.84. The number of carboxylic acid groups (broad SMARTS) is 1. The van der Waals surface area contributed by atoms with Crippen LogP contribution in [0.3, 0.4) is 0 Å². The van der Waals surface area contributed by atoms with Crippen LogP contribution in [0, 0.1) is 0 Å².